The van der Waals surface area contributed by atoms with Crippen LogP contribution in [0.15, 0.2) is 224 Å². The van der Waals surface area contributed by atoms with E-state index in [4.69, 9.17) is 0 Å². The average Bonchev–Trinajstić information content (AvgIpc) is 3.79. The van der Waals surface area contributed by atoms with E-state index in [1.165, 1.54) is 104 Å². The fourth-order valence-electron chi connectivity index (χ4n) is 10.6. The van der Waals surface area contributed by atoms with E-state index in [9.17, 15) is 0 Å². The van der Waals surface area contributed by atoms with Crippen molar-refractivity contribution in [1.29, 1.82) is 0 Å². The van der Waals surface area contributed by atoms with Crippen molar-refractivity contribution in [2.45, 2.75) is 31.7 Å². The maximum absolute atomic E-state index is 2.68. The molecule has 0 aromatic heterocycles. The normalized spacial score (nSPS) is 17.5. The topological polar surface area (TPSA) is 3.24 Å². The van der Waals surface area contributed by atoms with Crippen molar-refractivity contribution in [3.05, 3.63) is 224 Å². The lowest BCUT2D eigenvalue weighted by atomic mass is 9.84. The van der Waals surface area contributed by atoms with E-state index in [2.05, 4.69) is 217 Å². The van der Waals surface area contributed by atoms with Gasteiger partial charge in [0.15, 0.2) is 0 Å². The molecule has 9 aromatic rings. The van der Waals surface area contributed by atoms with Crippen molar-refractivity contribution in [1.82, 2.24) is 0 Å². The molecule has 0 radical (unpaired) electrons. The lowest BCUT2D eigenvalue weighted by Gasteiger charge is -2.35. The zero-order valence-corrected chi connectivity index (χ0v) is 34.1. The molecule has 1 aliphatic heterocycles. The Morgan fingerprint density at radius 3 is 1.87 bits per heavy atom. The largest absolute Gasteiger partial charge is 0.337 e. The van der Waals surface area contributed by atoms with E-state index in [0.29, 0.717) is 12.0 Å². The van der Waals surface area contributed by atoms with Crippen LogP contribution in [0.25, 0.3) is 87.2 Å². The van der Waals surface area contributed by atoms with Gasteiger partial charge in [0.25, 0.3) is 0 Å². The highest BCUT2D eigenvalue weighted by molar-refractivity contribution is 6.22. The molecule has 0 saturated carbocycles. The van der Waals surface area contributed by atoms with Gasteiger partial charge >= 0.3 is 0 Å². The van der Waals surface area contributed by atoms with E-state index in [1.807, 2.05) is 0 Å². The summed E-state index contributed by atoms with van der Waals surface area (Å²) in [6, 6.07) is 61.9. The Morgan fingerprint density at radius 1 is 0.426 bits per heavy atom. The highest BCUT2D eigenvalue weighted by atomic mass is 15.2. The van der Waals surface area contributed by atoms with Crippen LogP contribution in [0.4, 0.5) is 5.69 Å². The second-order valence-electron chi connectivity index (χ2n) is 17.0. The molecule has 0 bridgehead atoms. The smallest absolute Gasteiger partial charge is 0.0444 e. The molecule has 0 N–H and O–H groups in total. The number of rotatable bonds is 6. The van der Waals surface area contributed by atoms with Crippen LogP contribution in [0, 0.1) is 5.92 Å². The number of fused-ring (bicyclic) bond motifs is 6. The highest BCUT2D eigenvalue weighted by Crippen LogP contribution is 2.48. The van der Waals surface area contributed by atoms with Gasteiger partial charge in [-0.3, -0.25) is 0 Å². The molecule has 9 aromatic carbocycles. The van der Waals surface area contributed by atoms with Crippen LogP contribution in [-0.2, 0) is 0 Å². The second-order valence-corrected chi connectivity index (χ2v) is 17.0. The molecule has 2 atom stereocenters. The van der Waals surface area contributed by atoms with Gasteiger partial charge in [-0.2, -0.15) is 0 Å². The van der Waals surface area contributed by atoms with Crippen LogP contribution in [-0.4, -0.2) is 6.04 Å². The number of nitrogens with zero attached hydrogens (tertiary/aromatic N) is 1. The van der Waals surface area contributed by atoms with E-state index in [0.717, 1.165) is 25.7 Å². The fourth-order valence-corrected chi connectivity index (χ4v) is 10.6. The number of hydrogen-bond acceptors (Lipinski definition) is 1. The molecule has 2 unspecified atom stereocenters. The van der Waals surface area contributed by atoms with Crippen molar-refractivity contribution in [3.8, 4) is 33.4 Å². The molecule has 2 aliphatic carbocycles. The summed E-state index contributed by atoms with van der Waals surface area (Å²) in [5.74, 6) is 0.436. The molecule has 12 rings (SSSR count). The minimum Gasteiger partial charge on any atom is -0.337 e. The Bertz CT molecular complexity index is 3370. The highest BCUT2D eigenvalue weighted by Gasteiger charge is 2.34. The van der Waals surface area contributed by atoms with Crippen molar-refractivity contribution < 1.29 is 0 Å². The van der Waals surface area contributed by atoms with Crippen LogP contribution >= 0.6 is 0 Å². The monoisotopic (exact) mass is 779 g/mol. The maximum atomic E-state index is 2.68. The van der Waals surface area contributed by atoms with Gasteiger partial charge in [-0.1, -0.05) is 188 Å². The molecule has 0 saturated heterocycles. The molecule has 0 amide bonds. The number of anilines is 1. The lowest BCUT2D eigenvalue weighted by molar-refractivity contribution is 0.508. The average molecular weight is 780 g/mol. The van der Waals surface area contributed by atoms with Gasteiger partial charge in [0.05, 0.1) is 0 Å². The van der Waals surface area contributed by atoms with Crippen LogP contribution in [0.3, 0.4) is 0 Å². The van der Waals surface area contributed by atoms with Gasteiger partial charge in [-0.05, 0) is 143 Å². The van der Waals surface area contributed by atoms with E-state index < -0.39 is 0 Å². The van der Waals surface area contributed by atoms with E-state index >= 15 is 0 Å². The van der Waals surface area contributed by atoms with E-state index in [1.54, 1.807) is 0 Å². The summed E-state index contributed by atoms with van der Waals surface area (Å²) >= 11 is 0. The summed E-state index contributed by atoms with van der Waals surface area (Å²) < 4.78 is 0. The van der Waals surface area contributed by atoms with Gasteiger partial charge in [0.2, 0.25) is 0 Å². The lowest BCUT2D eigenvalue weighted by Crippen LogP contribution is -2.36. The molecular formula is C60H45N. The third kappa shape index (κ3) is 6.07. The van der Waals surface area contributed by atoms with Crippen LogP contribution in [0.2, 0.25) is 0 Å². The third-order valence-corrected chi connectivity index (χ3v) is 13.5. The standard InChI is InChI=1S/C60H45N/c1-3-16-42(17-4-1)57-35-36-58(43-18-5-2-6-19-43)61(57)48-33-34-54-56(39-48)59(52-25-13-14-26-53(52)60(54)47-32-27-40-15-7-8-20-45(40)37-47)44-30-28-41(29-31-44)55-38-46-21-9-10-22-49(46)50-23-11-12-24-51(50)55/h1,3-5,7-16,18-34,36-39,42,57H,2,6,17,35H2. The molecular weight excluding hydrogens is 735 g/mol. The summed E-state index contributed by atoms with van der Waals surface area (Å²) in [7, 11) is 0. The molecule has 0 spiro atoms. The Hall–Kier alpha value is -7.22. The van der Waals surface area contributed by atoms with Crippen molar-refractivity contribution in [2.24, 2.45) is 5.92 Å². The van der Waals surface area contributed by atoms with Gasteiger partial charge < -0.3 is 4.90 Å². The van der Waals surface area contributed by atoms with Crippen molar-refractivity contribution in [3.63, 3.8) is 0 Å². The fraction of sp³-hybridized carbons (Fsp3) is 0.100. The SMILES string of the molecule is C1=CCC(C2CC=C(C3=CCCC=C3)N2c2ccc3c(-c4ccc5ccccc5c4)c4ccccc4c(-c4ccc(-c5cc6ccccc6c6ccccc56)cc4)c3c2)C=C1. The van der Waals surface area contributed by atoms with Gasteiger partial charge in [-0.25, -0.2) is 0 Å². The number of allylic oxidation sites excluding steroid dienone is 6. The molecule has 1 heterocycles. The minimum absolute atomic E-state index is 0.338. The quantitative estimate of drug-likeness (QED) is 0.120. The zero-order valence-electron chi connectivity index (χ0n) is 34.1. The summed E-state index contributed by atoms with van der Waals surface area (Å²) in [5, 5.41) is 12.7. The van der Waals surface area contributed by atoms with Gasteiger partial charge in [0, 0.05) is 23.3 Å². The summed E-state index contributed by atoms with van der Waals surface area (Å²) in [4.78, 5) is 2.68. The predicted octanol–water partition coefficient (Wildman–Crippen LogP) is 16.3. The summed E-state index contributed by atoms with van der Waals surface area (Å²) in [6.45, 7) is 0. The number of hydrogen-bond donors (Lipinski definition) is 0. The minimum atomic E-state index is 0.338. The molecule has 1 heteroatoms. The number of benzene rings is 9. The van der Waals surface area contributed by atoms with Crippen molar-refractivity contribution >= 4 is 59.5 Å². The van der Waals surface area contributed by atoms with Crippen molar-refractivity contribution in [2.75, 3.05) is 4.90 Å². The molecule has 0 fully saturated rings. The Labute approximate surface area is 357 Å². The molecule has 290 valence electrons. The molecule has 61 heavy (non-hydrogen) atoms. The Balaban J connectivity index is 1.09. The molecule has 1 nitrogen and oxygen atoms in total. The Kier molecular flexibility index (Phi) is 8.66. The maximum Gasteiger partial charge on any atom is 0.0444 e. The van der Waals surface area contributed by atoms with Crippen LogP contribution in [0.5, 0.6) is 0 Å². The third-order valence-electron chi connectivity index (χ3n) is 13.5. The van der Waals surface area contributed by atoms with Crippen LogP contribution in [0.1, 0.15) is 25.7 Å². The first kappa shape index (κ1) is 35.7. The van der Waals surface area contributed by atoms with Gasteiger partial charge in [0.1, 0.15) is 0 Å². The predicted molar refractivity (Wildman–Crippen MR) is 262 cm³/mol. The van der Waals surface area contributed by atoms with Crippen LogP contribution < -0.4 is 4.90 Å². The van der Waals surface area contributed by atoms with Gasteiger partial charge in [-0.15, -0.1) is 0 Å². The second kappa shape index (κ2) is 14.8. The first-order valence-electron chi connectivity index (χ1n) is 22.0. The first-order chi connectivity index (χ1) is 30.3. The first-order valence-corrected chi connectivity index (χ1v) is 22.0. The van der Waals surface area contributed by atoms with E-state index in [-0.39, 0.29) is 0 Å². The Morgan fingerprint density at radius 2 is 1.10 bits per heavy atom. The summed E-state index contributed by atoms with van der Waals surface area (Å²) in [6.07, 6.45) is 23.1. The summed E-state index contributed by atoms with van der Waals surface area (Å²) in [5.41, 5.74) is 11.5. The zero-order chi connectivity index (χ0) is 40.3. The molecule has 3 aliphatic rings.